The minimum atomic E-state index is -1.50. The number of esters is 1. The number of carboxylic acid groups (broad SMARTS) is 1. The number of hydrogen-bond donors (Lipinski definition) is 1. The summed E-state index contributed by atoms with van der Waals surface area (Å²) in [5.74, 6) is -1.63. The molecule has 1 N–H and O–H groups in total. The predicted octanol–water partition coefficient (Wildman–Crippen LogP) is 2.78. The molecule has 1 aliphatic heterocycles. The van der Waals surface area contributed by atoms with Crippen molar-refractivity contribution in [3.8, 4) is 0 Å². The fourth-order valence-corrected chi connectivity index (χ4v) is 3.03. The minimum absolute atomic E-state index is 0.277. The molecule has 136 valence electrons. The molecule has 1 atom stereocenters. The van der Waals surface area contributed by atoms with Crippen LogP contribution >= 0.6 is 0 Å². The highest BCUT2D eigenvalue weighted by atomic mass is 16.6. The Hall–Kier alpha value is -2.57. The molecule has 0 aromatic heterocycles. The largest absolute Gasteiger partial charge is 0.479 e. The Bertz CT molecular complexity index is 676. The molecule has 1 fully saturated rings. The number of benzene rings is 1. The van der Waals surface area contributed by atoms with Crippen LogP contribution in [0.3, 0.4) is 0 Å². The summed E-state index contributed by atoms with van der Waals surface area (Å²) in [6, 6.07) is 6.08. The third kappa shape index (κ3) is 3.60. The topological polar surface area (TPSA) is 93.1 Å². The van der Waals surface area contributed by atoms with Crippen LogP contribution in [-0.2, 0) is 19.8 Å². The van der Waals surface area contributed by atoms with Crippen molar-refractivity contribution in [2.75, 3.05) is 13.7 Å². The predicted molar refractivity (Wildman–Crippen MR) is 89.3 cm³/mol. The molecule has 0 aliphatic carbocycles. The maximum Gasteiger partial charge on any atom is 0.411 e. The third-order valence-electron chi connectivity index (χ3n) is 4.13. The van der Waals surface area contributed by atoms with E-state index >= 15 is 0 Å². The standard InChI is InChI=1S/C18H23NO6/c1-17(2,3)25-16(23)19-11-5-10-18(19,15(21)22)13-8-6-12(7-9-13)14(20)24-4/h6-9H,5,10-11H2,1-4H3,(H,21,22). The highest BCUT2D eigenvalue weighted by Crippen LogP contribution is 2.40. The molecule has 0 radical (unpaired) electrons. The Morgan fingerprint density at radius 3 is 2.24 bits per heavy atom. The van der Waals surface area contributed by atoms with Crippen molar-refractivity contribution >= 4 is 18.0 Å². The van der Waals surface area contributed by atoms with Gasteiger partial charge in [-0.25, -0.2) is 14.4 Å². The van der Waals surface area contributed by atoms with Crippen LogP contribution in [0.2, 0.25) is 0 Å². The van der Waals surface area contributed by atoms with E-state index in [0.29, 0.717) is 24.1 Å². The molecule has 1 aromatic rings. The second kappa shape index (κ2) is 6.74. The van der Waals surface area contributed by atoms with Gasteiger partial charge in [-0.05, 0) is 51.3 Å². The van der Waals surface area contributed by atoms with Gasteiger partial charge in [-0.15, -0.1) is 0 Å². The lowest BCUT2D eigenvalue weighted by molar-refractivity contribution is -0.150. The summed E-state index contributed by atoms with van der Waals surface area (Å²) in [5.41, 5.74) is -1.49. The van der Waals surface area contributed by atoms with E-state index in [9.17, 15) is 19.5 Å². The van der Waals surface area contributed by atoms with Crippen molar-refractivity contribution in [3.05, 3.63) is 35.4 Å². The fourth-order valence-electron chi connectivity index (χ4n) is 3.03. The zero-order chi connectivity index (χ0) is 18.8. The average Bonchev–Trinajstić information content (AvgIpc) is 2.99. The van der Waals surface area contributed by atoms with E-state index in [1.54, 1.807) is 32.9 Å². The summed E-state index contributed by atoms with van der Waals surface area (Å²) in [5, 5.41) is 9.92. The number of carbonyl (C=O) groups excluding carboxylic acids is 2. The molecule has 1 heterocycles. The lowest BCUT2D eigenvalue weighted by Gasteiger charge is -2.36. The molecule has 1 aromatic carbocycles. The monoisotopic (exact) mass is 349 g/mol. The Morgan fingerprint density at radius 1 is 1.16 bits per heavy atom. The first-order valence-corrected chi connectivity index (χ1v) is 8.04. The zero-order valence-corrected chi connectivity index (χ0v) is 14.9. The molecule has 1 aliphatic rings. The number of aliphatic carboxylic acids is 1. The number of likely N-dealkylation sites (tertiary alicyclic amines) is 1. The van der Waals surface area contributed by atoms with Gasteiger partial charge in [0.05, 0.1) is 12.7 Å². The Balaban J connectivity index is 2.42. The second-order valence-corrected chi connectivity index (χ2v) is 6.97. The van der Waals surface area contributed by atoms with Crippen LogP contribution in [0.25, 0.3) is 0 Å². The molecule has 1 amide bonds. The van der Waals surface area contributed by atoms with Crippen LogP contribution in [0.4, 0.5) is 4.79 Å². The van der Waals surface area contributed by atoms with Crippen LogP contribution in [0, 0.1) is 0 Å². The van der Waals surface area contributed by atoms with Gasteiger partial charge in [0.1, 0.15) is 5.60 Å². The molecule has 0 saturated carbocycles. The second-order valence-electron chi connectivity index (χ2n) is 6.97. The molecule has 1 saturated heterocycles. The smallest absolute Gasteiger partial charge is 0.411 e. The van der Waals surface area contributed by atoms with Gasteiger partial charge in [0.2, 0.25) is 0 Å². The first-order chi connectivity index (χ1) is 11.6. The van der Waals surface area contributed by atoms with E-state index in [4.69, 9.17) is 4.74 Å². The van der Waals surface area contributed by atoms with E-state index in [1.807, 2.05) is 0 Å². The van der Waals surface area contributed by atoms with Crippen molar-refractivity contribution in [1.82, 2.24) is 4.90 Å². The quantitative estimate of drug-likeness (QED) is 0.844. The molecular weight excluding hydrogens is 326 g/mol. The van der Waals surface area contributed by atoms with Gasteiger partial charge in [0.15, 0.2) is 5.54 Å². The van der Waals surface area contributed by atoms with Crippen LogP contribution in [0.5, 0.6) is 0 Å². The molecule has 25 heavy (non-hydrogen) atoms. The van der Waals surface area contributed by atoms with E-state index in [0.717, 1.165) is 0 Å². The summed E-state index contributed by atoms with van der Waals surface area (Å²) in [6.45, 7) is 5.48. The summed E-state index contributed by atoms with van der Waals surface area (Å²) < 4.78 is 10.0. The number of ether oxygens (including phenoxy) is 2. The highest BCUT2D eigenvalue weighted by Gasteiger charge is 2.52. The number of hydrogen-bond acceptors (Lipinski definition) is 5. The van der Waals surface area contributed by atoms with Crippen LogP contribution in [-0.4, -0.2) is 47.3 Å². The summed E-state index contributed by atoms with van der Waals surface area (Å²) in [4.78, 5) is 37.5. The molecule has 0 bridgehead atoms. The van der Waals surface area contributed by atoms with Gasteiger partial charge in [0, 0.05) is 6.54 Å². The fraction of sp³-hybridized carbons (Fsp3) is 0.500. The first-order valence-electron chi connectivity index (χ1n) is 8.04. The van der Waals surface area contributed by atoms with E-state index in [1.165, 1.54) is 24.1 Å². The summed E-state index contributed by atoms with van der Waals surface area (Å²) in [6.07, 6.45) is 0.160. The molecule has 7 heteroatoms. The normalized spacial score (nSPS) is 20.2. The van der Waals surface area contributed by atoms with Crippen molar-refractivity contribution in [2.45, 2.75) is 44.8 Å². The SMILES string of the molecule is COC(=O)c1ccc(C2(C(=O)O)CCCN2C(=O)OC(C)(C)C)cc1. The van der Waals surface area contributed by atoms with Crippen molar-refractivity contribution < 1.29 is 29.0 Å². The third-order valence-corrected chi connectivity index (χ3v) is 4.13. The number of nitrogens with zero attached hydrogens (tertiary/aromatic N) is 1. The number of carbonyl (C=O) groups is 3. The number of amides is 1. The Kier molecular flexibility index (Phi) is 5.06. The van der Waals surface area contributed by atoms with E-state index < -0.39 is 29.2 Å². The van der Waals surface area contributed by atoms with Gasteiger partial charge in [-0.2, -0.15) is 0 Å². The summed E-state index contributed by atoms with van der Waals surface area (Å²) >= 11 is 0. The highest BCUT2D eigenvalue weighted by molar-refractivity contribution is 5.90. The van der Waals surface area contributed by atoms with Gasteiger partial charge in [-0.1, -0.05) is 12.1 Å². The summed E-state index contributed by atoms with van der Waals surface area (Å²) in [7, 11) is 1.27. The van der Waals surface area contributed by atoms with Gasteiger partial charge >= 0.3 is 18.0 Å². The lowest BCUT2D eigenvalue weighted by Crippen LogP contribution is -2.52. The molecular formula is C18H23NO6. The Labute approximate surface area is 146 Å². The average molecular weight is 349 g/mol. The molecule has 2 rings (SSSR count). The number of methoxy groups -OCH3 is 1. The Morgan fingerprint density at radius 2 is 1.76 bits per heavy atom. The molecule has 7 nitrogen and oxygen atoms in total. The number of carboxylic acids is 1. The zero-order valence-electron chi connectivity index (χ0n) is 14.9. The van der Waals surface area contributed by atoms with Crippen molar-refractivity contribution in [3.63, 3.8) is 0 Å². The maximum atomic E-state index is 12.5. The van der Waals surface area contributed by atoms with E-state index in [-0.39, 0.29) is 6.42 Å². The van der Waals surface area contributed by atoms with Crippen molar-refractivity contribution in [1.29, 1.82) is 0 Å². The van der Waals surface area contributed by atoms with Gasteiger partial charge in [0.25, 0.3) is 0 Å². The van der Waals surface area contributed by atoms with Crippen molar-refractivity contribution in [2.24, 2.45) is 0 Å². The van der Waals surface area contributed by atoms with Crippen LogP contribution in [0.1, 0.15) is 49.5 Å². The molecule has 1 unspecified atom stereocenters. The minimum Gasteiger partial charge on any atom is -0.479 e. The van der Waals surface area contributed by atoms with E-state index in [2.05, 4.69) is 4.74 Å². The van der Waals surface area contributed by atoms with Crippen LogP contribution < -0.4 is 0 Å². The number of rotatable bonds is 3. The molecule has 0 spiro atoms. The first kappa shape index (κ1) is 18.8. The van der Waals surface area contributed by atoms with Crippen LogP contribution in [0.15, 0.2) is 24.3 Å². The maximum absolute atomic E-state index is 12.5. The van der Waals surface area contributed by atoms with Gasteiger partial charge in [-0.3, -0.25) is 4.90 Å². The van der Waals surface area contributed by atoms with Gasteiger partial charge < -0.3 is 14.6 Å². The lowest BCUT2D eigenvalue weighted by atomic mass is 9.87.